The summed E-state index contributed by atoms with van der Waals surface area (Å²) < 4.78 is 4.75. The molecule has 0 aliphatic carbocycles. The average Bonchev–Trinajstić information content (AvgIpc) is 2.34. The van der Waals surface area contributed by atoms with Gasteiger partial charge in [-0.3, -0.25) is 20.2 Å². The minimum Gasteiger partial charge on any atom is -0.477 e. The van der Waals surface area contributed by atoms with Crippen molar-refractivity contribution in [3.05, 3.63) is 11.3 Å². The Morgan fingerprint density at radius 1 is 1.63 bits per heavy atom. The second-order valence-electron chi connectivity index (χ2n) is 4.20. The second-order valence-corrected chi connectivity index (χ2v) is 5.27. The van der Waals surface area contributed by atoms with Gasteiger partial charge in [0.1, 0.15) is 17.7 Å². The van der Waals surface area contributed by atoms with Gasteiger partial charge in [-0.1, -0.05) is 0 Å². The molecular weight excluding hydrogens is 276 g/mol. The van der Waals surface area contributed by atoms with Crippen molar-refractivity contribution in [3.8, 4) is 0 Å². The standard InChI is InChI=1S/C10H12N2O6S/c1-4(13)18-2-5-3-19-9-10(11,17)8(16)12(9)6(5)7(14)15/h9,17H,2-3,11H2,1H3,(H,14,15)/t9-,10?/m0/s1. The average molecular weight is 288 g/mol. The summed E-state index contributed by atoms with van der Waals surface area (Å²) in [6.45, 7) is 0.997. The fourth-order valence-corrected chi connectivity index (χ4v) is 3.21. The van der Waals surface area contributed by atoms with E-state index in [1.54, 1.807) is 0 Å². The molecule has 0 spiro atoms. The zero-order chi connectivity index (χ0) is 14.4. The normalized spacial score (nSPS) is 29.7. The first-order valence-electron chi connectivity index (χ1n) is 5.32. The molecule has 0 aromatic heterocycles. The quantitative estimate of drug-likeness (QED) is 0.323. The predicted molar refractivity (Wildman–Crippen MR) is 63.5 cm³/mol. The molecule has 0 aromatic carbocycles. The first-order valence-corrected chi connectivity index (χ1v) is 6.37. The van der Waals surface area contributed by atoms with E-state index >= 15 is 0 Å². The van der Waals surface area contributed by atoms with Crippen molar-refractivity contribution in [1.82, 2.24) is 4.90 Å². The molecule has 104 valence electrons. The van der Waals surface area contributed by atoms with Gasteiger partial charge in [0.25, 0.3) is 5.91 Å². The van der Waals surface area contributed by atoms with Gasteiger partial charge in [0.15, 0.2) is 0 Å². The number of aliphatic hydroxyl groups is 1. The van der Waals surface area contributed by atoms with E-state index in [1.807, 2.05) is 0 Å². The van der Waals surface area contributed by atoms with Gasteiger partial charge in [0.05, 0.1) is 0 Å². The number of aliphatic carboxylic acids is 1. The smallest absolute Gasteiger partial charge is 0.352 e. The van der Waals surface area contributed by atoms with Crippen molar-refractivity contribution in [2.45, 2.75) is 18.0 Å². The molecule has 1 fully saturated rings. The van der Waals surface area contributed by atoms with Crippen molar-refractivity contribution in [3.63, 3.8) is 0 Å². The number of fused-ring (bicyclic) bond motifs is 1. The van der Waals surface area contributed by atoms with Crippen molar-refractivity contribution in [1.29, 1.82) is 0 Å². The van der Waals surface area contributed by atoms with Crippen LogP contribution in [-0.4, -0.2) is 56.4 Å². The summed E-state index contributed by atoms with van der Waals surface area (Å²) in [6.07, 6.45) is 0. The third-order valence-corrected chi connectivity index (χ3v) is 4.22. The van der Waals surface area contributed by atoms with Gasteiger partial charge in [0, 0.05) is 18.2 Å². The minimum atomic E-state index is -2.04. The first-order chi connectivity index (χ1) is 8.76. The summed E-state index contributed by atoms with van der Waals surface area (Å²) >= 11 is 1.12. The van der Waals surface area contributed by atoms with Gasteiger partial charge in [-0.25, -0.2) is 4.79 Å². The maximum absolute atomic E-state index is 11.6. The lowest BCUT2D eigenvalue weighted by molar-refractivity contribution is -0.177. The molecular formula is C10H12N2O6S. The van der Waals surface area contributed by atoms with Crippen molar-refractivity contribution in [2.75, 3.05) is 12.4 Å². The van der Waals surface area contributed by atoms with Crippen molar-refractivity contribution < 1.29 is 29.3 Å². The Morgan fingerprint density at radius 2 is 2.26 bits per heavy atom. The Balaban J connectivity index is 2.30. The van der Waals surface area contributed by atoms with E-state index in [-0.39, 0.29) is 18.1 Å². The molecule has 0 aromatic rings. The van der Waals surface area contributed by atoms with Crippen LogP contribution in [0.2, 0.25) is 0 Å². The summed E-state index contributed by atoms with van der Waals surface area (Å²) in [5.41, 5.74) is 3.37. The molecule has 4 N–H and O–H groups in total. The number of β-lactam (4-membered cyclic amide) rings is 1. The maximum atomic E-state index is 11.6. The van der Waals surface area contributed by atoms with E-state index in [4.69, 9.17) is 15.6 Å². The summed E-state index contributed by atoms with van der Waals surface area (Å²) in [6, 6.07) is 0. The van der Waals surface area contributed by atoms with Gasteiger partial charge in [0.2, 0.25) is 5.72 Å². The zero-order valence-electron chi connectivity index (χ0n) is 9.95. The van der Waals surface area contributed by atoms with E-state index in [1.165, 1.54) is 6.92 Å². The molecule has 0 saturated carbocycles. The highest BCUT2D eigenvalue weighted by atomic mass is 32.2. The number of ether oxygens (including phenoxy) is 1. The number of amides is 1. The molecule has 0 radical (unpaired) electrons. The van der Waals surface area contributed by atoms with Crippen LogP contribution in [0.15, 0.2) is 11.3 Å². The molecule has 0 bridgehead atoms. The number of nitrogens with two attached hydrogens (primary N) is 1. The number of thioether (sulfide) groups is 1. The van der Waals surface area contributed by atoms with Crippen LogP contribution >= 0.6 is 11.8 Å². The number of carboxylic acid groups (broad SMARTS) is 1. The molecule has 1 amide bonds. The largest absolute Gasteiger partial charge is 0.477 e. The van der Waals surface area contributed by atoms with E-state index in [0.717, 1.165) is 16.7 Å². The Kier molecular flexibility index (Phi) is 3.29. The van der Waals surface area contributed by atoms with Crippen LogP contribution in [-0.2, 0) is 19.1 Å². The molecule has 19 heavy (non-hydrogen) atoms. The number of nitrogens with zero attached hydrogens (tertiary/aromatic N) is 1. The molecule has 2 rings (SSSR count). The van der Waals surface area contributed by atoms with Crippen LogP contribution in [0.4, 0.5) is 0 Å². The molecule has 2 heterocycles. The van der Waals surface area contributed by atoms with Gasteiger partial charge in [-0.15, -0.1) is 11.8 Å². The van der Waals surface area contributed by atoms with E-state index < -0.39 is 28.9 Å². The Labute approximate surface area is 112 Å². The SMILES string of the molecule is CC(=O)OCC1=C(C(=O)O)N2C(=O)C(N)(O)[C@@H]2SC1. The van der Waals surface area contributed by atoms with Crippen LogP contribution in [0.25, 0.3) is 0 Å². The second kappa shape index (κ2) is 4.51. The Hall–Kier alpha value is -1.58. The fraction of sp³-hybridized carbons (Fsp3) is 0.500. The van der Waals surface area contributed by atoms with Crippen LogP contribution < -0.4 is 5.73 Å². The Bertz CT molecular complexity index is 500. The molecule has 1 saturated heterocycles. The minimum absolute atomic E-state index is 0.205. The highest BCUT2D eigenvalue weighted by Gasteiger charge is 2.62. The number of rotatable bonds is 3. The highest BCUT2D eigenvalue weighted by Crippen LogP contribution is 2.43. The lowest BCUT2D eigenvalue weighted by Crippen LogP contribution is -2.78. The van der Waals surface area contributed by atoms with Gasteiger partial charge < -0.3 is 14.9 Å². The molecule has 9 heteroatoms. The third-order valence-electron chi connectivity index (χ3n) is 2.82. The molecule has 2 aliphatic rings. The number of esters is 1. The summed E-state index contributed by atoms with van der Waals surface area (Å²) in [7, 11) is 0. The lowest BCUT2D eigenvalue weighted by Gasteiger charge is -2.52. The van der Waals surface area contributed by atoms with Crippen LogP contribution in [0.5, 0.6) is 0 Å². The van der Waals surface area contributed by atoms with Crippen LogP contribution in [0, 0.1) is 0 Å². The summed E-state index contributed by atoms with van der Waals surface area (Å²) in [5.74, 6) is -2.53. The monoisotopic (exact) mass is 288 g/mol. The third kappa shape index (κ3) is 2.09. The van der Waals surface area contributed by atoms with Crippen molar-refractivity contribution in [2.24, 2.45) is 5.73 Å². The molecule has 8 nitrogen and oxygen atoms in total. The van der Waals surface area contributed by atoms with Gasteiger partial charge in [-0.05, 0) is 0 Å². The van der Waals surface area contributed by atoms with E-state index in [9.17, 15) is 19.5 Å². The summed E-state index contributed by atoms with van der Waals surface area (Å²) in [4.78, 5) is 34.6. The molecule has 2 aliphatic heterocycles. The number of hydrogen-bond donors (Lipinski definition) is 3. The van der Waals surface area contributed by atoms with Crippen molar-refractivity contribution >= 4 is 29.6 Å². The molecule has 1 unspecified atom stereocenters. The fourth-order valence-electron chi connectivity index (χ4n) is 1.93. The van der Waals surface area contributed by atoms with E-state index in [0.29, 0.717) is 5.57 Å². The molecule has 2 atom stereocenters. The zero-order valence-corrected chi connectivity index (χ0v) is 10.8. The van der Waals surface area contributed by atoms with Gasteiger partial charge in [-0.2, -0.15) is 0 Å². The number of carbonyl (C=O) groups is 3. The highest BCUT2D eigenvalue weighted by molar-refractivity contribution is 8.00. The maximum Gasteiger partial charge on any atom is 0.352 e. The van der Waals surface area contributed by atoms with E-state index in [2.05, 4.69) is 0 Å². The number of carbonyl (C=O) groups excluding carboxylic acids is 2. The lowest BCUT2D eigenvalue weighted by atomic mass is 10.00. The Morgan fingerprint density at radius 3 is 2.79 bits per heavy atom. The van der Waals surface area contributed by atoms with Crippen LogP contribution in [0.1, 0.15) is 6.92 Å². The number of hydrogen-bond acceptors (Lipinski definition) is 7. The topological polar surface area (TPSA) is 130 Å². The summed E-state index contributed by atoms with van der Waals surface area (Å²) in [5, 5.41) is 18.0. The van der Waals surface area contributed by atoms with Crippen LogP contribution in [0.3, 0.4) is 0 Å². The van der Waals surface area contributed by atoms with Gasteiger partial charge >= 0.3 is 11.9 Å². The number of carboxylic acids is 1. The first kappa shape index (κ1) is 13.8. The predicted octanol–water partition coefficient (Wildman–Crippen LogP) is -1.55.